The lowest BCUT2D eigenvalue weighted by atomic mass is 10.3. The van der Waals surface area contributed by atoms with Crippen molar-refractivity contribution in [2.24, 2.45) is 0 Å². The van der Waals surface area contributed by atoms with Gasteiger partial charge in [0.05, 0.1) is 5.69 Å². The molecule has 0 unspecified atom stereocenters. The van der Waals surface area contributed by atoms with Crippen LogP contribution in [0, 0.1) is 6.92 Å². The Morgan fingerprint density at radius 2 is 2.09 bits per heavy atom. The van der Waals surface area contributed by atoms with Crippen LogP contribution in [0.2, 0.25) is 0 Å². The molecule has 4 heteroatoms. The Morgan fingerprint density at radius 3 is 2.55 bits per heavy atom. The van der Waals surface area contributed by atoms with Crippen LogP contribution >= 0.6 is 0 Å². The lowest BCUT2D eigenvalue weighted by molar-refractivity contribution is 0.466. The van der Waals surface area contributed by atoms with Crippen molar-refractivity contribution in [1.82, 2.24) is 9.97 Å². The summed E-state index contributed by atoms with van der Waals surface area (Å²) >= 11 is 0. The monoisotopic (exact) mass is 153 g/mol. The Balaban J connectivity index is 3.21. The van der Waals surface area contributed by atoms with Gasteiger partial charge in [-0.15, -0.1) is 0 Å². The Hall–Kier alpha value is -1.32. The van der Waals surface area contributed by atoms with Gasteiger partial charge in [0.1, 0.15) is 5.82 Å². The summed E-state index contributed by atoms with van der Waals surface area (Å²) in [7, 11) is 0. The summed E-state index contributed by atoms with van der Waals surface area (Å²) in [5, 5.41) is 9.18. The molecule has 11 heavy (non-hydrogen) atoms. The van der Waals surface area contributed by atoms with Crippen molar-refractivity contribution in [3.05, 3.63) is 11.5 Å². The number of hydrogen-bond acceptors (Lipinski definition) is 4. The fourth-order valence-corrected chi connectivity index (χ4v) is 0.807. The van der Waals surface area contributed by atoms with Crippen LogP contribution in [-0.2, 0) is 6.42 Å². The van der Waals surface area contributed by atoms with Gasteiger partial charge in [-0.2, -0.15) is 0 Å². The highest BCUT2D eigenvalue weighted by Gasteiger charge is 2.04. The number of aryl methyl sites for hydroxylation is 2. The van der Waals surface area contributed by atoms with Gasteiger partial charge in [0.15, 0.2) is 11.6 Å². The maximum absolute atomic E-state index is 9.18. The van der Waals surface area contributed by atoms with Gasteiger partial charge < -0.3 is 10.8 Å². The minimum Gasteiger partial charge on any atom is -0.503 e. The quantitative estimate of drug-likeness (QED) is 0.620. The molecular weight excluding hydrogens is 142 g/mol. The van der Waals surface area contributed by atoms with Gasteiger partial charge >= 0.3 is 0 Å². The van der Waals surface area contributed by atoms with Crippen LogP contribution in [0.5, 0.6) is 5.75 Å². The number of aromatic hydroxyl groups is 1. The van der Waals surface area contributed by atoms with Gasteiger partial charge in [-0.1, -0.05) is 6.92 Å². The first-order chi connectivity index (χ1) is 5.15. The number of nitrogens with two attached hydrogens (primary N) is 1. The SMILES string of the molecule is CCc1nc(C)c(O)c(N)n1. The lowest BCUT2D eigenvalue weighted by Gasteiger charge is -2.02. The fourth-order valence-electron chi connectivity index (χ4n) is 0.807. The van der Waals surface area contributed by atoms with E-state index in [0.717, 1.165) is 6.42 Å². The first-order valence-corrected chi connectivity index (χ1v) is 3.47. The molecule has 0 saturated heterocycles. The van der Waals surface area contributed by atoms with Crippen molar-refractivity contribution in [2.75, 3.05) is 5.73 Å². The van der Waals surface area contributed by atoms with E-state index >= 15 is 0 Å². The second-order valence-electron chi connectivity index (χ2n) is 2.31. The van der Waals surface area contributed by atoms with E-state index in [-0.39, 0.29) is 11.6 Å². The Bertz CT molecular complexity index is 249. The van der Waals surface area contributed by atoms with E-state index in [1.807, 2.05) is 6.92 Å². The molecule has 3 N–H and O–H groups in total. The average Bonchev–Trinajstić information content (AvgIpc) is 1.99. The van der Waals surface area contributed by atoms with E-state index in [1.165, 1.54) is 0 Å². The van der Waals surface area contributed by atoms with Crippen LogP contribution in [0.25, 0.3) is 0 Å². The molecule has 1 heterocycles. The van der Waals surface area contributed by atoms with Crippen molar-refractivity contribution in [3.8, 4) is 5.75 Å². The molecule has 0 atom stereocenters. The second-order valence-corrected chi connectivity index (χ2v) is 2.31. The highest BCUT2D eigenvalue weighted by Crippen LogP contribution is 2.19. The Labute approximate surface area is 65.1 Å². The van der Waals surface area contributed by atoms with E-state index in [4.69, 9.17) is 5.73 Å². The van der Waals surface area contributed by atoms with Crippen molar-refractivity contribution in [2.45, 2.75) is 20.3 Å². The first-order valence-electron chi connectivity index (χ1n) is 3.47. The van der Waals surface area contributed by atoms with Gasteiger partial charge in [0.25, 0.3) is 0 Å². The Morgan fingerprint density at radius 1 is 1.45 bits per heavy atom. The summed E-state index contributed by atoms with van der Waals surface area (Å²) in [6.45, 7) is 3.64. The molecule has 0 saturated carbocycles. The smallest absolute Gasteiger partial charge is 0.179 e. The zero-order valence-electron chi connectivity index (χ0n) is 6.63. The number of aromatic nitrogens is 2. The summed E-state index contributed by atoms with van der Waals surface area (Å²) in [6, 6.07) is 0. The van der Waals surface area contributed by atoms with Crippen LogP contribution in [0.1, 0.15) is 18.4 Å². The average molecular weight is 153 g/mol. The van der Waals surface area contributed by atoms with E-state index in [0.29, 0.717) is 11.5 Å². The van der Waals surface area contributed by atoms with Crippen LogP contribution in [-0.4, -0.2) is 15.1 Å². The lowest BCUT2D eigenvalue weighted by Crippen LogP contribution is -2.00. The molecule has 1 aromatic heterocycles. The molecular formula is C7H11N3O. The zero-order valence-corrected chi connectivity index (χ0v) is 6.63. The van der Waals surface area contributed by atoms with Gasteiger partial charge in [-0.05, 0) is 6.92 Å². The summed E-state index contributed by atoms with van der Waals surface area (Å²) in [5.74, 6) is 0.814. The molecule has 0 amide bonds. The third kappa shape index (κ3) is 1.39. The fraction of sp³-hybridized carbons (Fsp3) is 0.429. The van der Waals surface area contributed by atoms with E-state index in [9.17, 15) is 5.11 Å². The third-order valence-corrected chi connectivity index (χ3v) is 1.45. The van der Waals surface area contributed by atoms with E-state index in [2.05, 4.69) is 9.97 Å². The van der Waals surface area contributed by atoms with Crippen LogP contribution in [0.4, 0.5) is 5.82 Å². The van der Waals surface area contributed by atoms with E-state index < -0.39 is 0 Å². The standard InChI is InChI=1S/C7H11N3O/c1-3-5-9-4(2)6(11)7(8)10-5/h11H,3H2,1-2H3,(H2,8,9,10). The number of nitrogens with zero attached hydrogens (tertiary/aromatic N) is 2. The van der Waals surface area contributed by atoms with Crippen molar-refractivity contribution < 1.29 is 5.11 Å². The minimum absolute atomic E-state index is 0.0119. The highest BCUT2D eigenvalue weighted by atomic mass is 16.3. The Kier molecular flexibility index (Phi) is 1.94. The molecule has 0 aliphatic heterocycles. The number of rotatable bonds is 1. The van der Waals surface area contributed by atoms with Crippen molar-refractivity contribution >= 4 is 5.82 Å². The summed E-state index contributed by atoms with van der Waals surface area (Å²) in [6.07, 6.45) is 0.728. The normalized spacial score (nSPS) is 10.0. The van der Waals surface area contributed by atoms with E-state index in [1.54, 1.807) is 6.92 Å². The van der Waals surface area contributed by atoms with Gasteiger partial charge in [0.2, 0.25) is 0 Å². The topological polar surface area (TPSA) is 72.0 Å². The predicted octanol–water partition coefficient (Wildman–Crippen LogP) is 0.635. The zero-order chi connectivity index (χ0) is 8.43. The molecule has 4 nitrogen and oxygen atoms in total. The molecule has 0 spiro atoms. The molecule has 0 radical (unpaired) electrons. The van der Waals surface area contributed by atoms with Crippen LogP contribution in [0.3, 0.4) is 0 Å². The molecule has 0 bridgehead atoms. The van der Waals surface area contributed by atoms with Crippen molar-refractivity contribution in [1.29, 1.82) is 0 Å². The molecule has 0 aromatic carbocycles. The molecule has 0 aliphatic rings. The minimum atomic E-state index is -0.0119. The molecule has 60 valence electrons. The van der Waals surface area contributed by atoms with Crippen molar-refractivity contribution in [3.63, 3.8) is 0 Å². The predicted molar refractivity (Wildman–Crippen MR) is 42.2 cm³/mol. The highest BCUT2D eigenvalue weighted by molar-refractivity contribution is 5.46. The largest absolute Gasteiger partial charge is 0.503 e. The first kappa shape index (κ1) is 7.78. The van der Waals surface area contributed by atoms with Gasteiger partial charge in [-0.3, -0.25) is 0 Å². The molecule has 1 rings (SSSR count). The third-order valence-electron chi connectivity index (χ3n) is 1.45. The van der Waals surface area contributed by atoms with Gasteiger partial charge in [0, 0.05) is 6.42 Å². The summed E-state index contributed by atoms with van der Waals surface area (Å²) < 4.78 is 0. The number of anilines is 1. The summed E-state index contributed by atoms with van der Waals surface area (Å²) in [5.41, 5.74) is 5.93. The molecule has 1 aromatic rings. The number of hydrogen-bond donors (Lipinski definition) is 2. The van der Waals surface area contributed by atoms with Crippen LogP contribution in [0.15, 0.2) is 0 Å². The maximum Gasteiger partial charge on any atom is 0.179 e. The maximum atomic E-state index is 9.18. The number of nitrogen functional groups attached to an aromatic ring is 1. The van der Waals surface area contributed by atoms with Crippen LogP contribution < -0.4 is 5.73 Å². The molecule has 0 aliphatic carbocycles. The summed E-state index contributed by atoms with van der Waals surface area (Å²) in [4.78, 5) is 7.88. The van der Waals surface area contributed by atoms with Gasteiger partial charge in [-0.25, -0.2) is 9.97 Å². The second kappa shape index (κ2) is 2.74. The molecule has 0 fully saturated rings.